The molecule has 10 nitrogen and oxygen atoms in total. The van der Waals surface area contributed by atoms with E-state index in [-0.39, 0.29) is 16.7 Å². The molecule has 0 atom stereocenters. The number of halogens is 1. The third-order valence-corrected chi connectivity index (χ3v) is 10.8. The van der Waals surface area contributed by atoms with Crippen molar-refractivity contribution in [2.24, 2.45) is 36.8 Å². The van der Waals surface area contributed by atoms with Gasteiger partial charge in [-0.1, -0.05) is 6.07 Å². The molecule has 4 aromatic rings. The summed E-state index contributed by atoms with van der Waals surface area (Å²) >= 11 is 3.68. The van der Waals surface area contributed by atoms with E-state index in [0.29, 0.717) is 21.4 Å². The summed E-state index contributed by atoms with van der Waals surface area (Å²) in [5.74, 6) is 1.91. The van der Waals surface area contributed by atoms with Gasteiger partial charge in [-0.25, -0.2) is 14.2 Å². The lowest BCUT2D eigenvalue weighted by Gasteiger charge is -2.57. The van der Waals surface area contributed by atoms with E-state index < -0.39 is 17.1 Å². The van der Waals surface area contributed by atoms with Crippen LogP contribution in [0.3, 0.4) is 0 Å². The number of aromatic nitrogens is 4. The summed E-state index contributed by atoms with van der Waals surface area (Å²) in [7, 11) is 7.11. The number of rotatable bonds is 5. The minimum atomic E-state index is -0.747. The molecular formula is C32H35BrN6O4. The second-order valence-corrected chi connectivity index (χ2v) is 13.9. The molecule has 4 saturated carbocycles. The predicted octanol–water partition coefficient (Wildman–Crippen LogP) is 4.47. The first kappa shape index (κ1) is 27.9. The zero-order valence-electron chi connectivity index (χ0n) is 24.7. The Morgan fingerprint density at radius 1 is 0.977 bits per heavy atom. The van der Waals surface area contributed by atoms with E-state index in [1.54, 1.807) is 24.7 Å². The van der Waals surface area contributed by atoms with Crippen LogP contribution in [0.25, 0.3) is 16.7 Å². The largest absolute Gasteiger partial charge is 0.493 e. The van der Waals surface area contributed by atoms with Crippen molar-refractivity contribution in [3.63, 3.8) is 0 Å². The molecule has 8 rings (SSSR count). The minimum Gasteiger partial charge on any atom is -0.493 e. The molecule has 224 valence electrons. The Morgan fingerprint density at radius 3 is 2.16 bits per heavy atom. The molecule has 2 aromatic heterocycles. The summed E-state index contributed by atoms with van der Waals surface area (Å²) in [6.45, 7) is 0. The van der Waals surface area contributed by atoms with E-state index in [2.05, 4.69) is 38.0 Å². The zero-order chi connectivity index (χ0) is 30.4. The van der Waals surface area contributed by atoms with Crippen molar-refractivity contribution >= 4 is 44.6 Å². The number of aromatic hydroxyl groups is 1. The molecule has 0 saturated heterocycles. The highest BCUT2D eigenvalue weighted by Crippen LogP contribution is 2.61. The fraction of sp³-hybridized carbons (Fsp3) is 0.438. The molecule has 11 heteroatoms. The third kappa shape index (κ3) is 4.34. The molecule has 4 bridgehead atoms. The second kappa shape index (κ2) is 9.83. The number of hydrogen-bond donors (Lipinski definition) is 2. The van der Waals surface area contributed by atoms with Crippen molar-refractivity contribution in [3.8, 4) is 11.6 Å². The first-order chi connectivity index (χ1) is 20.5. The van der Waals surface area contributed by atoms with Crippen LogP contribution in [0.5, 0.6) is 5.88 Å². The van der Waals surface area contributed by atoms with Crippen LogP contribution in [0.4, 0.5) is 11.4 Å². The Hall–Kier alpha value is -3.86. The lowest BCUT2D eigenvalue weighted by molar-refractivity contribution is -0.00521. The number of aromatic amines is 1. The normalized spacial score (nSPS) is 24.4. The van der Waals surface area contributed by atoms with E-state index in [0.717, 1.165) is 33.5 Å². The van der Waals surface area contributed by atoms with Crippen molar-refractivity contribution in [1.82, 2.24) is 18.7 Å². The van der Waals surface area contributed by atoms with Crippen LogP contribution in [0, 0.1) is 17.8 Å². The van der Waals surface area contributed by atoms with Crippen molar-refractivity contribution in [2.75, 3.05) is 19.0 Å². The van der Waals surface area contributed by atoms with Crippen LogP contribution in [-0.2, 0) is 19.5 Å². The Balaban J connectivity index is 1.29. The SMILES string of the molecule is CN(C)c1cc2c(cc1N=Cc1c(O)n(-c3ccc(C45CC6CC(CC(C6)C4)C5)cc3Br)c(=O)[nH]c1=O)n(C)c(=O)n2C. The van der Waals surface area contributed by atoms with Crippen LogP contribution in [0.15, 0.2) is 54.2 Å². The predicted molar refractivity (Wildman–Crippen MR) is 172 cm³/mol. The maximum atomic E-state index is 13.0. The van der Waals surface area contributed by atoms with E-state index >= 15 is 0 Å². The van der Waals surface area contributed by atoms with Gasteiger partial charge in [0.05, 0.1) is 28.1 Å². The lowest BCUT2D eigenvalue weighted by Crippen LogP contribution is -2.48. The number of H-pyrrole nitrogens is 1. The fourth-order valence-electron chi connectivity index (χ4n) is 8.48. The molecule has 0 amide bonds. The number of aliphatic imine (C=N–C) groups is 1. The summed E-state index contributed by atoms with van der Waals surface area (Å²) in [5.41, 5.74) is 2.74. The molecule has 4 aliphatic carbocycles. The van der Waals surface area contributed by atoms with Crippen LogP contribution in [0.1, 0.15) is 49.7 Å². The highest BCUT2D eigenvalue weighted by molar-refractivity contribution is 9.10. The van der Waals surface area contributed by atoms with Gasteiger partial charge in [0.25, 0.3) is 5.56 Å². The Bertz CT molecular complexity index is 1980. The number of benzene rings is 2. The van der Waals surface area contributed by atoms with Gasteiger partial charge >= 0.3 is 11.4 Å². The highest BCUT2D eigenvalue weighted by Gasteiger charge is 2.51. The number of imidazole rings is 1. The van der Waals surface area contributed by atoms with E-state index in [4.69, 9.17) is 0 Å². The topological polar surface area (TPSA) is 118 Å². The number of nitrogens with zero attached hydrogens (tertiary/aromatic N) is 5. The zero-order valence-corrected chi connectivity index (χ0v) is 26.3. The van der Waals surface area contributed by atoms with Gasteiger partial charge in [-0.05, 0) is 107 Å². The van der Waals surface area contributed by atoms with Gasteiger partial charge in [-0.15, -0.1) is 0 Å². The number of aryl methyl sites for hydroxylation is 2. The maximum Gasteiger partial charge on any atom is 0.335 e. The van der Waals surface area contributed by atoms with Crippen molar-refractivity contribution < 1.29 is 5.11 Å². The standard InChI is InChI=1S/C32H35BrN6O4/c1-36(2)25-12-27-26(37(3)31(43)38(27)4)11-23(25)34-16-21-28(40)35-30(42)39(29(21)41)24-6-5-20(10-22(24)33)32-13-17-7-18(14-32)9-19(8-17)15-32/h5-6,10-12,16-19,41H,7-9,13-15H2,1-4H3,(H,35,40,42). The molecule has 4 aliphatic rings. The van der Waals surface area contributed by atoms with Gasteiger partial charge in [-0.2, -0.15) is 0 Å². The molecule has 0 aliphatic heterocycles. The lowest BCUT2D eigenvalue weighted by atomic mass is 9.48. The Morgan fingerprint density at radius 2 is 1.58 bits per heavy atom. The molecule has 0 unspecified atom stereocenters. The van der Waals surface area contributed by atoms with Crippen molar-refractivity contribution in [1.29, 1.82) is 0 Å². The van der Waals surface area contributed by atoms with Gasteiger partial charge in [0.15, 0.2) is 0 Å². The van der Waals surface area contributed by atoms with Gasteiger partial charge in [0, 0.05) is 38.9 Å². The number of anilines is 1. The third-order valence-electron chi connectivity index (χ3n) is 10.1. The Kier molecular flexibility index (Phi) is 6.39. The Labute approximate surface area is 256 Å². The van der Waals surface area contributed by atoms with E-state index in [1.165, 1.54) is 54.9 Å². The molecular weight excluding hydrogens is 612 g/mol. The van der Waals surface area contributed by atoms with Gasteiger partial charge in [0.2, 0.25) is 5.88 Å². The first-order valence-electron chi connectivity index (χ1n) is 14.8. The molecule has 2 aromatic carbocycles. The van der Waals surface area contributed by atoms with Gasteiger partial charge in [0.1, 0.15) is 5.56 Å². The van der Waals surface area contributed by atoms with E-state index in [9.17, 15) is 19.5 Å². The molecule has 2 heterocycles. The average molecular weight is 648 g/mol. The molecule has 43 heavy (non-hydrogen) atoms. The van der Waals surface area contributed by atoms with Gasteiger partial charge < -0.3 is 10.0 Å². The summed E-state index contributed by atoms with van der Waals surface area (Å²) in [6.07, 6.45) is 8.98. The van der Waals surface area contributed by atoms with Gasteiger partial charge in [-0.3, -0.25) is 23.9 Å². The van der Waals surface area contributed by atoms with Crippen LogP contribution >= 0.6 is 15.9 Å². The monoisotopic (exact) mass is 646 g/mol. The first-order valence-corrected chi connectivity index (χ1v) is 15.5. The number of fused-ring (bicyclic) bond motifs is 1. The van der Waals surface area contributed by atoms with Crippen LogP contribution in [-0.4, -0.2) is 44.1 Å². The number of hydrogen-bond acceptors (Lipinski definition) is 6. The maximum absolute atomic E-state index is 13.0. The summed E-state index contributed by atoms with van der Waals surface area (Å²) in [4.78, 5) is 47.2. The summed E-state index contributed by atoms with van der Waals surface area (Å²) < 4.78 is 4.88. The highest BCUT2D eigenvalue weighted by atomic mass is 79.9. The molecule has 2 N–H and O–H groups in total. The summed E-state index contributed by atoms with van der Waals surface area (Å²) in [6, 6.07) is 9.66. The van der Waals surface area contributed by atoms with E-state index in [1.807, 2.05) is 31.1 Å². The molecule has 4 fully saturated rings. The van der Waals surface area contributed by atoms with Crippen LogP contribution in [0.2, 0.25) is 0 Å². The quantitative estimate of drug-likeness (QED) is 0.310. The average Bonchev–Trinajstić information content (AvgIpc) is 3.15. The second-order valence-electron chi connectivity index (χ2n) is 13.1. The number of nitrogens with one attached hydrogen (secondary N) is 1. The van der Waals surface area contributed by atoms with Crippen LogP contribution < -0.4 is 21.8 Å². The summed E-state index contributed by atoms with van der Waals surface area (Å²) in [5, 5.41) is 11.3. The molecule has 0 radical (unpaired) electrons. The fourth-order valence-corrected chi connectivity index (χ4v) is 9.04. The smallest absolute Gasteiger partial charge is 0.335 e. The van der Waals surface area contributed by atoms with Crippen molar-refractivity contribution in [2.45, 2.75) is 43.9 Å². The molecule has 0 spiro atoms. The van der Waals surface area contributed by atoms with Crippen molar-refractivity contribution in [3.05, 3.63) is 77.3 Å². The minimum absolute atomic E-state index is 0.150.